The van der Waals surface area contributed by atoms with Gasteiger partial charge in [-0.2, -0.15) is 5.10 Å². The first-order valence-corrected chi connectivity index (χ1v) is 5.07. The molecule has 2 aromatic rings. The smallest absolute Gasteiger partial charge is 0.0928 e. The molecule has 0 N–H and O–H groups in total. The van der Waals surface area contributed by atoms with Crippen LogP contribution >= 0.6 is 0 Å². The van der Waals surface area contributed by atoms with Crippen molar-refractivity contribution in [1.29, 1.82) is 0 Å². The van der Waals surface area contributed by atoms with Crippen LogP contribution < -0.4 is 0 Å². The lowest BCUT2D eigenvalue weighted by atomic mass is 10.1. The van der Waals surface area contributed by atoms with Crippen LogP contribution in [0.25, 0.3) is 10.9 Å². The largest absolute Gasteiger partial charge is 0.275 e. The average molecular weight is 190 g/mol. The minimum atomic E-state index is 1.09. The van der Waals surface area contributed by atoms with Gasteiger partial charge in [-0.3, -0.25) is 4.68 Å². The fourth-order valence-electron chi connectivity index (χ4n) is 1.59. The van der Waals surface area contributed by atoms with E-state index in [9.17, 15) is 0 Å². The third kappa shape index (κ3) is 1.95. The summed E-state index contributed by atoms with van der Waals surface area (Å²) < 4.78 is 1.86. The summed E-state index contributed by atoms with van der Waals surface area (Å²) in [5, 5.41) is 5.60. The zero-order valence-electron chi connectivity index (χ0n) is 9.63. The number of hydrogen-bond donors (Lipinski definition) is 0. The van der Waals surface area contributed by atoms with Gasteiger partial charge in [-0.1, -0.05) is 19.9 Å². The van der Waals surface area contributed by atoms with Crippen LogP contribution in [0.2, 0.25) is 0 Å². The molecule has 2 nitrogen and oxygen atoms in total. The predicted octanol–water partition coefficient (Wildman–Crippen LogP) is 3.22. The normalized spacial score (nSPS) is 9.79. The van der Waals surface area contributed by atoms with Crippen LogP contribution in [0.4, 0.5) is 0 Å². The Morgan fingerprint density at radius 1 is 1.14 bits per heavy atom. The maximum Gasteiger partial charge on any atom is 0.0928 e. The van der Waals surface area contributed by atoms with E-state index in [2.05, 4.69) is 37.3 Å². The molecule has 0 unspecified atom stereocenters. The number of aromatic nitrogens is 2. The van der Waals surface area contributed by atoms with Gasteiger partial charge < -0.3 is 0 Å². The van der Waals surface area contributed by atoms with Crippen molar-refractivity contribution in [2.24, 2.45) is 7.05 Å². The van der Waals surface area contributed by atoms with Crippen molar-refractivity contribution in [1.82, 2.24) is 9.78 Å². The van der Waals surface area contributed by atoms with Crippen LogP contribution in [0.5, 0.6) is 0 Å². The SMILES string of the molecule is CC.Cc1cc(C)c2cn(C)nc2c1. The van der Waals surface area contributed by atoms with Crippen LogP contribution in [0.15, 0.2) is 18.3 Å². The fraction of sp³-hybridized carbons (Fsp3) is 0.417. The number of benzene rings is 1. The summed E-state index contributed by atoms with van der Waals surface area (Å²) in [6.45, 7) is 8.22. The molecule has 0 spiro atoms. The Balaban J connectivity index is 0.000000461. The molecular weight excluding hydrogens is 172 g/mol. The second kappa shape index (κ2) is 4.27. The summed E-state index contributed by atoms with van der Waals surface area (Å²) in [5.74, 6) is 0. The predicted molar refractivity (Wildman–Crippen MR) is 61.5 cm³/mol. The van der Waals surface area contributed by atoms with E-state index >= 15 is 0 Å². The van der Waals surface area contributed by atoms with Gasteiger partial charge in [-0.25, -0.2) is 0 Å². The van der Waals surface area contributed by atoms with Gasteiger partial charge in [0, 0.05) is 18.6 Å². The van der Waals surface area contributed by atoms with Gasteiger partial charge >= 0.3 is 0 Å². The van der Waals surface area contributed by atoms with Crippen molar-refractivity contribution >= 4 is 10.9 Å². The lowest BCUT2D eigenvalue weighted by Crippen LogP contribution is -1.84. The summed E-state index contributed by atoms with van der Waals surface area (Å²) in [6.07, 6.45) is 2.06. The molecule has 2 rings (SSSR count). The molecule has 0 aliphatic heterocycles. The van der Waals surface area contributed by atoms with Crippen LogP contribution in [-0.4, -0.2) is 9.78 Å². The fourth-order valence-corrected chi connectivity index (χ4v) is 1.59. The van der Waals surface area contributed by atoms with Gasteiger partial charge in [0.15, 0.2) is 0 Å². The first kappa shape index (κ1) is 10.8. The Kier molecular flexibility index (Phi) is 3.28. The van der Waals surface area contributed by atoms with E-state index in [0.717, 1.165) is 5.52 Å². The van der Waals surface area contributed by atoms with Gasteiger partial charge in [-0.15, -0.1) is 0 Å². The van der Waals surface area contributed by atoms with Crippen molar-refractivity contribution in [3.8, 4) is 0 Å². The molecule has 0 saturated carbocycles. The molecule has 1 heterocycles. The second-order valence-electron chi connectivity index (χ2n) is 3.32. The first-order valence-electron chi connectivity index (χ1n) is 5.07. The molecule has 0 aliphatic carbocycles. The highest BCUT2D eigenvalue weighted by Gasteiger charge is 2.01. The molecule has 2 heteroatoms. The summed E-state index contributed by atoms with van der Waals surface area (Å²) >= 11 is 0. The lowest BCUT2D eigenvalue weighted by Gasteiger charge is -1.95. The molecule has 0 amide bonds. The third-order valence-corrected chi connectivity index (χ3v) is 2.09. The lowest BCUT2D eigenvalue weighted by molar-refractivity contribution is 0.779. The van der Waals surface area contributed by atoms with Crippen LogP contribution in [0, 0.1) is 13.8 Å². The first-order chi connectivity index (χ1) is 6.66. The molecule has 0 bridgehead atoms. The van der Waals surface area contributed by atoms with Gasteiger partial charge in [0.2, 0.25) is 0 Å². The highest BCUT2D eigenvalue weighted by atomic mass is 15.2. The van der Waals surface area contributed by atoms with E-state index in [1.165, 1.54) is 16.5 Å². The van der Waals surface area contributed by atoms with E-state index in [-0.39, 0.29) is 0 Å². The molecule has 0 aliphatic rings. The van der Waals surface area contributed by atoms with Gasteiger partial charge in [-0.05, 0) is 31.0 Å². The summed E-state index contributed by atoms with van der Waals surface area (Å²) in [6, 6.07) is 4.30. The highest BCUT2D eigenvalue weighted by Crippen LogP contribution is 2.18. The molecule has 0 saturated heterocycles. The molecule has 0 radical (unpaired) electrons. The second-order valence-corrected chi connectivity index (χ2v) is 3.32. The van der Waals surface area contributed by atoms with Crippen molar-refractivity contribution < 1.29 is 0 Å². The Morgan fingerprint density at radius 3 is 2.43 bits per heavy atom. The molecule has 76 valence electrons. The number of fused-ring (bicyclic) bond motifs is 1. The van der Waals surface area contributed by atoms with Crippen LogP contribution in [-0.2, 0) is 7.05 Å². The standard InChI is InChI=1S/C10H12N2.C2H6/c1-7-4-8(2)9-6-12(3)11-10(9)5-7;1-2/h4-6H,1-3H3;1-2H3. The van der Waals surface area contributed by atoms with E-state index < -0.39 is 0 Å². The van der Waals surface area contributed by atoms with Crippen LogP contribution in [0.3, 0.4) is 0 Å². The monoisotopic (exact) mass is 190 g/mol. The topological polar surface area (TPSA) is 17.8 Å². The third-order valence-electron chi connectivity index (χ3n) is 2.09. The van der Waals surface area contributed by atoms with Crippen molar-refractivity contribution in [2.45, 2.75) is 27.7 Å². The molecule has 0 atom stereocenters. The average Bonchev–Trinajstić information content (AvgIpc) is 2.49. The molecular formula is C12H18N2. The Labute approximate surface area is 85.6 Å². The summed E-state index contributed by atoms with van der Waals surface area (Å²) in [5.41, 5.74) is 3.67. The zero-order chi connectivity index (χ0) is 10.7. The number of aryl methyl sites for hydroxylation is 3. The Bertz CT molecular complexity index is 427. The molecule has 14 heavy (non-hydrogen) atoms. The van der Waals surface area contributed by atoms with E-state index in [1.807, 2.05) is 25.6 Å². The highest BCUT2D eigenvalue weighted by molar-refractivity contribution is 5.82. The Morgan fingerprint density at radius 2 is 1.79 bits per heavy atom. The number of nitrogens with zero attached hydrogens (tertiary/aromatic N) is 2. The van der Waals surface area contributed by atoms with Crippen molar-refractivity contribution in [3.05, 3.63) is 29.5 Å². The van der Waals surface area contributed by atoms with E-state index in [0.29, 0.717) is 0 Å². The van der Waals surface area contributed by atoms with E-state index in [4.69, 9.17) is 0 Å². The van der Waals surface area contributed by atoms with Crippen molar-refractivity contribution in [3.63, 3.8) is 0 Å². The maximum atomic E-state index is 4.35. The van der Waals surface area contributed by atoms with Crippen molar-refractivity contribution in [2.75, 3.05) is 0 Å². The maximum absolute atomic E-state index is 4.35. The number of hydrogen-bond acceptors (Lipinski definition) is 1. The zero-order valence-corrected chi connectivity index (χ0v) is 9.63. The minimum absolute atomic E-state index is 1.09. The van der Waals surface area contributed by atoms with Crippen LogP contribution in [0.1, 0.15) is 25.0 Å². The molecule has 0 fully saturated rings. The van der Waals surface area contributed by atoms with Gasteiger partial charge in [0.05, 0.1) is 5.52 Å². The van der Waals surface area contributed by atoms with Gasteiger partial charge in [0.25, 0.3) is 0 Å². The molecule has 1 aromatic heterocycles. The Hall–Kier alpha value is -1.31. The molecule has 1 aromatic carbocycles. The summed E-state index contributed by atoms with van der Waals surface area (Å²) in [7, 11) is 1.95. The quantitative estimate of drug-likeness (QED) is 0.623. The summed E-state index contributed by atoms with van der Waals surface area (Å²) in [4.78, 5) is 0. The number of rotatable bonds is 0. The van der Waals surface area contributed by atoms with E-state index in [1.54, 1.807) is 0 Å². The minimum Gasteiger partial charge on any atom is -0.275 e. The van der Waals surface area contributed by atoms with Gasteiger partial charge in [0.1, 0.15) is 0 Å².